The number of ketones is 1. The molecule has 0 spiro atoms. The van der Waals surface area contributed by atoms with Crippen molar-refractivity contribution in [2.45, 2.75) is 239 Å². The van der Waals surface area contributed by atoms with Gasteiger partial charge in [0.1, 0.15) is 30.8 Å². The van der Waals surface area contributed by atoms with Crippen LogP contribution < -0.4 is 37.6 Å². The first-order chi connectivity index (χ1) is 57.0. The predicted molar refractivity (Wildman–Crippen MR) is 450 cm³/mol. The summed E-state index contributed by atoms with van der Waals surface area (Å²) in [6.45, 7) is 19.8. The van der Waals surface area contributed by atoms with Crippen molar-refractivity contribution in [1.29, 1.82) is 0 Å². The maximum Gasteiger partial charge on any atom is 0.409 e. The summed E-state index contributed by atoms with van der Waals surface area (Å²) >= 11 is 1.30. The van der Waals surface area contributed by atoms with E-state index in [1.54, 1.807) is 77.1 Å². The van der Waals surface area contributed by atoms with E-state index in [9.17, 15) is 71.9 Å². The van der Waals surface area contributed by atoms with E-state index >= 15 is 4.79 Å². The minimum atomic E-state index is -1.16. The van der Waals surface area contributed by atoms with Crippen molar-refractivity contribution >= 4 is 112 Å². The number of hydroxylamine groups is 2. The van der Waals surface area contributed by atoms with E-state index in [4.69, 9.17) is 29.5 Å². The summed E-state index contributed by atoms with van der Waals surface area (Å²) in [6, 6.07) is 5.75. The molecule has 1 saturated carbocycles. The third-order valence-corrected chi connectivity index (χ3v) is 24.5. The van der Waals surface area contributed by atoms with Gasteiger partial charge in [-0.2, -0.15) is 0 Å². The number of amides is 15. The number of carbonyl (C=O) groups is 16. The predicted octanol–water partition coefficient (Wildman–Crippen LogP) is 5.78. The second-order valence-electron chi connectivity index (χ2n) is 33.8. The number of nitrogens with two attached hydrogens (primary N) is 1. The maximum absolute atomic E-state index is 15.2. The highest BCUT2D eigenvalue weighted by Gasteiger charge is 2.50. The number of ether oxygens (including phenoxy) is 4. The van der Waals surface area contributed by atoms with Gasteiger partial charge in [0, 0.05) is 111 Å². The summed E-state index contributed by atoms with van der Waals surface area (Å²) in [5.41, 5.74) is 7.85. The number of unbranched alkanes of at least 4 members (excludes halogenated alkanes) is 2. The molecule has 4 aliphatic rings. The van der Waals surface area contributed by atoms with Gasteiger partial charge in [0.05, 0.1) is 67.4 Å². The molecule has 8 N–H and O–H groups in total. The van der Waals surface area contributed by atoms with Crippen LogP contribution in [0.4, 0.5) is 20.1 Å². The lowest BCUT2D eigenvalue weighted by atomic mass is 9.89. The van der Waals surface area contributed by atoms with Crippen molar-refractivity contribution in [2.24, 2.45) is 40.7 Å². The number of methoxy groups -OCH3 is 2. The number of anilines is 1. The number of thioether (sulfide) groups is 1. The molecule has 6 rings (SSSR count). The van der Waals surface area contributed by atoms with Crippen molar-refractivity contribution in [2.75, 3.05) is 99.8 Å². The number of nitrogens with zero attached hydrogens (tertiary/aromatic N) is 7. The first-order valence-electron chi connectivity index (χ1n) is 41.9. The fourth-order valence-electron chi connectivity index (χ4n) is 15.4. The second-order valence-corrected chi connectivity index (χ2v) is 35.0. The number of Topliss-reactive ketones (excluding diaryl/α,β-unsaturated/α-hetero) is 1. The Balaban J connectivity index is 1.01. The van der Waals surface area contributed by atoms with Crippen molar-refractivity contribution in [3.8, 4) is 0 Å². The van der Waals surface area contributed by atoms with Gasteiger partial charge in [-0.3, -0.25) is 67.3 Å². The van der Waals surface area contributed by atoms with Crippen molar-refractivity contribution in [3.05, 3.63) is 64.7 Å². The lowest BCUT2D eigenvalue weighted by Gasteiger charge is -2.41. The van der Waals surface area contributed by atoms with Crippen LogP contribution in [0.25, 0.3) is 0 Å². The van der Waals surface area contributed by atoms with Crippen molar-refractivity contribution < 1.29 is 100 Å². The maximum atomic E-state index is 15.2. The van der Waals surface area contributed by atoms with E-state index in [2.05, 4.69) is 31.9 Å². The van der Waals surface area contributed by atoms with Gasteiger partial charge in [0.2, 0.25) is 53.2 Å². The number of primary amides is 1. The molecule has 12 atom stereocenters. The molecule has 3 aliphatic heterocycles. The smallest absolute Gasteiger partial charge is 0.409 e. The molecule has 3 saturated heterocycles. The van der Waals surface area contributed by atoms with Gasteiger partial charge in [-0.05, 0) is 119 Å². The van der Waals surface area contributed by atoms with Crippen LogP contribution in [0.15, 0.2) is 42.5 Å². The molecule has 0 aromatic heterocycles. The lowest BCUT2D eigenvalue weighted by molar-refractivity contribution is -0.198. The number of hydrogen-bond donors (Lipinski definition) is 7. The lowest BCUT2D eigenvalue weighted by Crippen LogP contribution is -2.59. The Labute approximate surface area is 714 Å². The zero-order valence-corrected chi connectivity index (χ0v) is 74.5. The van der Waals surface area contributed by atoms with Crippen LogP contribution in [0.5, 0.6) is 0 Å². The number of likely N-dealkylation sites (N-methyl/N-ethyl adjacent to an activating group) is 4. The van der Waals surface area contributed by atoms with Crippen LogP contribution in [0.2, 0.25) is 0 Å². The monoisotopic (exact) mass is 1710 g/mol. The SMILES string of the molecule is CC[C@H](C)C([C@@H](CC(=O)N1C[C@@H](OC(=O)N(C)CCN(C)C(=O)OCc2ccc(NC(=O)[C@H](CCCNC(N)=O)NC(=O)[C@@H](NC(=O)CCCCCN3C(=O)CC(SCC4(CC(=O)ON5C(=O)CCC5=O)CC4)C3=O)C(C)C)cc2)C[C@H]1[C@H](OC)[C@@H](C)C(=O)NCC(=O)c1ccc(C)cc1C)OC)N(C)C(=O)[C@@H](NC(=O)[C@H](C(C)C)N(C)C)C(C)C. The number of carbonyl (C=O) groups excluding carboxylic acids is 16. The summed E-state index contributed by atoms with van der Waals surface area (Å²) in [4.78, 5) is 228. The number of nitrogens with one attached hydrogen (secondary N) is 6. The molecule has 2 aromatic carbocycles. The number of urea groups is 1. The van der Waals surface area contributed by atoms with E-state index < -0.39 is 143 Å². The van der Waals surface area contributed by atoms with Crippen LogP contribution in [-0.4, -0.2) is 284 Å². The van der Waals surface area contributed by atoms with Crippen molar-refractivity contribution in [3.63, 3.8) is 0 Å². The number of hydrogen-bond acceptors (Lipinski definition) is 23. The Morgan fingerprint density at radius 3 is 1.93 bits per heavy atom. The average Bonchev–Trinajstić information content (AvgIpc) is 1.70. The zero-order valence-electron chi connectivity index (χ0n) is 73.7. The van der Waals surface area contributed by atoms with Crippen LogP contribution in [0, 0.1) is 48.9 Å². The molecule has 0 radical (unpaired) electrons. The number of benzene rings is 2. The summed E-state index contributed by atoms with van der Waals surface area (Å²) in [7, 11) is 11.1. The molecule has 0 bridgehead atoms. The van der Waals surface area contributed by atoms with Gasteiger partial charge in [-0.15, -0.1) is 16.8 Å². The van der Waals surface area contributed by atoms with Crippen LogP contribution in [0.1, 0.15) is 186 Å². The topological polar surface area (TPSA) is 440 Å². The highest BCUT2D eigenvalue weighted by atomic mass is 32.2. The van der Waals surface area contributed by atoms with Crippen molar-refractivity contribution in [1.82, 2.24) is 61.0 Å². The molecule has 36 heteroatoms. The van der Waals surface area contributed by atoms with Gasteiger partial charge in [-0.25, -0.2) is 19.2 Å². The average molecular weight is 1720 g/mol. The normalized spacial score (nSPS) is 18.5. The van der Waals surface area contributed by atoms with E-state index in [1.807, 2.05) is 72.4 Å². The van der Waals surface area contributed by atoms with E-state index in [0.717, 1.165) is 11.1 Å². The summed E-state index contributed by atoms with van der Waals surface area (Å²) in [6.07, 6.45) is -1.19. The summed E-state index contributed by atoms with van der Waals surface area (Å²) in [5, 5.41) is 16.4. The molecule has 672 valence electrons. The van der Waals surface area contributed by atoms with Gasteiger partial charge in [-0.1, -0.05) is 111 Å². The second kappa shape index (κ2) is 47.0. The van der Waals surface area contributed by atoms with Crippen LogP contribution in [-0.2, 0) is 87.9 Å². The molecular weight excluding hydrogens is 1590 g/mol. The Kier molecular flexibility index (Phi) is 38.8. The molecule has 2 unspecified atom stereocenters. The largest absolute Gasteiger partial charge is 0.445 e. The standard InChI is InChI=1S/C85H130N14O21S/c1-19-53(9)74(96(16)81(112)72(50(4)5)92-79(110)73(51(6)7)93(12)13)63(116-17)42-68(104)98-46-58(41-61(98)75(117-18)55(11)76(107)88-45-62(100)59-31-26-52(8)40-54(59)10)119-84(115)95(15)39-38-94(14)83(114)118-47-56-27-29-57(30-28-56)89-77(108)60(24-23-36-87-82(86)113)90-78(109)71(49(2)3)91-65(101)25-21-20-22-37-97-69(105)43-64(80(97)111)121-48-85(34-35-85)44-70(106)120-99-66(102)32-33-67(99)103/h26-31,40,49-51,53,55,58,60-61,63-64,71-75H,19-25,32-39,41-48H2,1-18H3,(H,88,107)(H,89,108)(H,90,109)(H,91,101)(H,92,110)(H3,86,87,113)/t53-,55+,58-,60-,61-,63+,64?,71-,72-,73-,74?,75+/m0/s1. The minimum absolute atomic E-state index is 0.00122. The van der Waals surface area contributed by atoms with Gasteiger partial charge in [0.15, 0.2) is 5.78 Å². The summed E-state index contributed by atoms with van der Waals surface area (Å²) in [5.74, 6) is -7.74. The quantitative estimate of drug-likeness (QED) is 0.0234. The number of rotatable bonds is 48. The highest BCUT2D eigenvalue weighted by molar-refractivity contribution is 8.00. The fraction of sp³-hybridized carbons (Fsp3) is 0.671. The highest BCUT2D eigenvalue weighted by Crippen LogP contribution is 2.52. The van der Waals surface area contributed by atoms with E-state index in [1.165, 1.54) is 59.7 Å². The Morgan fingerprint density at radius 2 is 1.35 bits per heavy atom. The Morgan fingerprint density at radius 1 is 0.702 bits per heavy atom. The van der Waals surface area contributed by atoms with Crippen LogP contribution >= 0.6 is 11.8 Å². The first-order valence-corrected chi connectivity index (χ1v) is 42.9. The third-order valence-electron chi connectivity index (χ3n) is 22.9. The fourth-order valence-corrected chi connectivity index (χ4v) is 16.9. The van der Waals surface area contributed by atoms with Gasteiger partial charge < -0.3 is 81.0 Å². The zero-order chi connectivity index (χ0) is 90.0. The van der Waals surface area contributed by atoms with Gasteiger partial charge in [0.25, 0.3) is 11.8 Å². The first kappa shape index (κ1) is 100. The Hall–Kier alpha value is -9.81. The molecular formula is C85H130N14O21S. The third kappa shape index (κ3) is 29.2. The molecule has 15 amide bonds. The Bertz CT molecular complexity index is 3970. The minimum Gasteiger partial charge on any atom is -0.445 e. The van der Waals surface area contributed by atoms with E-state index in [-0.39, 0.29) is 151 Å². The molecule has 1 aliphatic carbocycles. The molecule has 121 heavy (non-hydrogen) atoms. The van der Waals surface area contributed by atoms with E-state index in [0.29, 0.717) is 66.2 Å². The number of likely N-dealkylation sites (tertiary alicyclic amines) is 2. The summed E-state index contributed by atoms with van der Waals surface area (Å²) < 4.78 is 24.0. The van der Waals surface area contributed by atoms with Gasteiger partial charge >= 0.3 is 24.2 Å². The molecule has 4 fully saturated rings. The molecule has 2 aromatic rings. The number of aryl methyl sites for hydroxylation is 2. The number of imide groups is 2. The molecule has 35 nitrogen and oxygen atoms in total. The molecule has 3 heterocycles. The van der Waals surface area contributed by atoms with Crippen LogP contribution in [0.3, 0.4) is 0 Å².